The van der Waals surface area contributed by atoms with Crippen LogP contribution in [-0.2, 0) is 4.79 Å². The van der Waals surface area contributed by atoms with Gasteiger partial charge in [-0.2, -0.15) is 0 Å². The molecule has 0 aliphatic heterocycles. The summed E-state index contributed by atoms with van der Waals surface area (Å²) >= 11 is 0. The summed E-state index contributed by atoms with van der Waals surface area (Å²) in [7, 11) is 0. The van der Waals surface area contributed by atoms with E-state index in [0.717, 1.165) is 24.1 Å². The topological polar surface area (TPSA) is 75.5 Å². The van der Waals surface area contributed by atoms with Crippen LogP contribution in [0.15, 0.2) is 18.3 Å². The van der Waals surface area contributed by atoms with Gasteiger partial charge in [-0.15, -0.1) is 0 Å². The van der Waals surface area contributed by atoms with Crippen molar-refractivity contribution in [1.29, 1.82) is 0 Å². The zero-order valence-electron chi connectivity index (χ0n) is 15.7. The smallest absolute Gasteiger partial charge is 0.270 e. The number of fused-ring (bicyclic) bond motifs is 1. The second-order valence-electron chi connectivity index (χ2n) is 7.19. The molecular weight excluding hydrogens is 328 g/mol. The number of aromatic nitrogens is 2. The maximum atomic E-state index is 12.5. The molecule has 26 heavy (non-hydrogen) atoms. The highest BCUT2D eigenvalue weighted by atomic mass is 16.2. The van der Waals surface area contributed by atoms with Gasteiger partial charge >= 0.3 is 0 Å². The average Bonchev–Trinajstić information content (AvgIpc) is 2.97. The van der Waals surface area contributed by atoms with Crippen LogP contribution in [0.2, 0.25) is 0 Å². The van der Waals surface area contributed by atoms with Crippen molar-refractivity contribution >= 4 is 17.5 Å². The molecule has 2 heterocycles. The lowest BCUT2D eigenvalue weighted by Gasteiger charge is -2.22. The Hall–Kier alpha value is -2.37. The van der Waals surface area contributed by atoms with Gasteiger partial charge in [0.25, 0.3) is 5.91 Å². The van der Waals surface area contributed by atoms with Gasteiger partial charge < -0.3 is 10.6 Å². The third-order valence-corrected chi connectivity index (χ3v) is 5.07. The maximum absolute atomic E-state index is 12.5. The molecule has 1 aliphatic carbocycles. The highest BCUT2D eigenvalue weighted by Crippen LogP contribution is 2.17. The van der Waals surface area contributed by atoms with Gasteiger partial charge in [0.05, 0.1) is 5.69 Å². The molecule has 0 spiro atoms. The molecule has 2 amide bonds. The summed E-state index contributed by atoms with van der Waals surface area (Å²) in [6, 6.07) is 4.24. The molecule has 2 N–H and O–H groups in total. The third kappa shape index (κ3) is 4.23. The number of nitrogens with one attached hydrogen (secondary N) is 2. The molecule has 6 heteroatoms. The Balaban J connectivity index is 1.48. The van der Waals surface area contributed by atoms with Crippen LogP contribution in [0.3, 0.4) is 0 Å². The standard InChI is InChI=1S/C20H28N4O2/c1-14-8-7-13-24-18(15(2)22-19(14)24)20(26)21-12-6-11-17(25)23-16-9-4-3-5-10-16/h7-8,13,16H,3-6,9-12H2,1-2H3,(H,21,26)(H,23,25). The van der Waals surface area contributed by atoms with E-state index >= 15 is 0 Å². The molecular formula is C20H28N4O2. The number of amides is 2. The minimum atomic E-state index is -0.145. The number of aryl methyl sites for hydroxylation is 2. The monoisotopic (exact) mass is 356 g/mol. The minimum absolute atomic E-state index is 0.0905. The van der Waals surface area contributed by atoms with E-state index in [1.807, 2.05) is 36.6 Å². The second-order valence-corrected chi connectivity index (χ2v) is 7.19. The summed E-state index contributed by atoms with van der Waals surface area (Å²) in [6.45, 7) is 4.31. The minimum Gasteiger partial charge on any atom is -0.353 e. The van der Waals surface area contributed by atoms with E-state index < -0.39 is 0 Å². The molecule has 0 atom stereocenters. The van der Waals surface area contributed by atoms with Crippen molar-refractivity contribution in [3.8, 4) is 0 Å². The van der Waals surface area contributed by atoms with E-state index in [1.54, 1.807) is 0 Å². The van der Waals surface area contributed by atoms with Gasteiger partial charge in [0.15, 0.2) is 0 Å². The van der Waals surface area contributed by atoms with E-state index in [0.29, 0.717) is 36.8 Å². The number of nitrogens with zero attached hydrogens (tertiary/aromatic N) is 2. The van der Waals surface area contributed by atoms with Crippen LogP contribution in [-0.4, -0.2) is 33.8 Å². The van der Waals surface area contributed by atoms with Gasteiger partial charge in [-0.05, 0) is 44.7 Å². The summed E-state index contributed by atoms with van der Waals surface area (Å²) in [5.74, 6) is -0.0546. The predicted octanol–water partition coefficient (Wildman–Crippen LogP) is 2.91. The molecule has 0 saturated heterocycles. The number of rotatable bonds is 6. The van der Waals surface area contributed by atoms with Gasteiger partial charge in [0.1, 0.15) is 11.3 Å². The fourth-order valence-electron chi connectivity index (χ4n) is 3.67. The Kier molecular flexibility index (Phi) is 5.91. The quantitative estimate of drug-likeness (QED) is 0.782. The summed E-state index contributed by atoms with van der Waals surface area (Å²) in [5.41, 5.74) is 3.12. The molecule has 0 aromatic carbocycles. The van der Waals surface area contributed by atoms with Crippen molar-refractivity contribution in [2.45, 2.75) is 64.8 Å². The zero-order chi connectivity index (χ0) is 18.5. The van der Waals surface area contributed by atoms with Crippen LogP contribution in [0.1, 0.15) is 66.7 Å². The average molecular weight is 356 g/mol. The molecule has 1 saturated carbocycles. The summed E-state index contributed by atoms with van der Waals surface area (Å²) in [4.78, 5) is 29.0. The molecule has 0 bridgehead atoms. The summed E-state index contributed by atoms with van der Waals surface area (Å²) < 4.78 is 1.83. The van der Waals surface area contributed by atoms with Crippen molar-refractivity contribution in [1.82, 2.24) is 20.0 Å². The molecule has 3 rings (SSSR count). The SMILES string of the molecule is Cc1nc2c(C)cccn2c1C(=O)NCCCC(=O)NC1CCCCC1. The first-order chi connectivity index (χ1) is 12.6. The Labute approximate surface area is 154 Å². The highest BCUT2D eigenvalue weighted by Gasteiger charge is 2.18. The van der Waals surface area contributed by atoms with Gasteiger partial charge in [-0.25, -0.2) is 4.98 Å². The van der Waals surface area contributed by atoms with Gasteiger partial charge in [0, 0.05) is 25.2 Å². The fourth-order valence-corrected chi connectivity index (χ4v) is 3.67. The lowest BCUT2D eigenvalue weighted by molar-refractivity contribution is -0.122. The van der Waals surface area contributed by atoms with Crippen molar-refractivity contribution < 1.29 is 9.59 Å². The second kappa shape index (κ2) is 8.34. The number of carbonyl (C=O) groups excluding carboxylic acids is 2. The summed E-state index contributed by atoms with van der Waals surface area (Å²) in [5, 5.41) is 6.03. The number of imidazole rings is 1. The number of hydrogen-bond donors (Lipinski definition) is 2. The lowest BCUT2D eigenvalue weighted by atomic mass is 9.95. The van der Waals surface area contributed by atoms with Gasteiger partial charge in [-0.3, -0.25) is 14.0 Å². The van der Waals surface area contributed by atoms with Crippen LogP contribution in [0, 0.1) is 13.8 Å². The molecule has 1 fully saturated rings. The Morgan fingerprint density at radius 3 is 2.77 bits per heavy atom. The van der Waals surface area contributed by atoms with E-state index in [1.165, 1.54) is 19.3 Å². The Morgan fingerprint density at radius 1 is 1.23 bits per heavy atom. The normalized spacial score (nSPS) is 15.2. The Bertz CT molecular complexity index is 790. The number of carbonyl (C=O) groups is 2. The first-order valence-corrected chi connectivity index (χ1v) is 9.58. The van der Waals surface area contributed by atoms with Crippen molar-refractivity contribution in [2.75, 3.05) is 6.54 Å². The molecule has 6 nitrogen and oxygen atoms in total. The first kappa shape index (κ1) is 18.4. The van der Waals surface area contributed by atoms with E-state index in [4.69, 9.17) is 0 Å². The van der Waals surface area contributed by atoms with Crippen LogP contribution >= 0.6 is 0 Å². The number of hydrogen-bond acceptors (Lipinski definition) is 3. The fraction of sp³-hybridized carbons (Fsp3) is 0.550. The van der Waals surface area contributed by atoms with Crippen LogP contribution in [0.5, 0.6) is 0 Å². The largest absolute Gasteiger partial charge is 0.353 e. The lowest BCUT2D eigenvalue weighted by Crippen LogP contribution is -2.36. The van der Waals surface area contributed by atoms with Crippen molar-refractivity contribution in [3.05, 3.63) is 35.3 Å². The molecule has 140 valence electrons. The van der Waals surface area contributed by atoms with E-state index in [2.05, 4.69) is 15.6 Å². The molecule has 2 aromatic heterocycles. The maximum Gasteiger partial charge on any atom is 0.270 e. The predicted molar refractivity (Wildman–Crippen MR) is 101 cm³/mol. The third-order valence-electron chi connectivity index (χ3n) is 5.07. The van der Waals surface area contributed by atoms with E-state index in [9.17, 15) is 9.59 Å². The van der Waals surface area contributed by atoms with Gasteiger partial charge in [0.2, 0.25) is 5.91 Å². The number of pyridine rings is 1. The zero-order valence-corrected chi connectivity index (χ0v) is 15.7. The Morgan fingerprint density at radius 2 is 2.00 bits per heavy atom. The first-order valence-electron chi connectivity index (χ1n) is 9.58. The van der Waals surface area contributed by atoms with Crippen LogP contribution in [0.4, 0.5) is 0 Å². The molecule has 2 aromatic rings. The summed E-state index contributed by atoms with van der Waals surface area (Å²) in [6.07, 6.45) is 8.82. The highest BCUT2D eigenvalue weighted by molar-refractivity contribution is 5.94. The van der Waals surface area contributed by atoms with Crippen LogP contribution < -0.4 is 10.6 Å². The van der Waals surface area contributed by atoms with Crippen LogP contribution in [0.25, 0.3) is 5.65 Å². The van der Waals surface area contributed by atoms with E-state index in [-0.39, 0.29) is 11.8 Å². The molecule has 0 unspecified atom stereocenters. The van der Waals surface area contributed by atoms with Gasteiger partial charge in [-0.1, -0.05) is 25.3 Å². The van der Waals surface area contributed by atoms with Crippen molar-refractivity contribution in [3.63, 3.8) is 0 Å². The van der Waals surface area contributed by atoms with Crippen molar-refractivity contribution in [2.24, 2.45) is 0 Å². The molecule has 0 radical (unpaired) electrons. The molecule has 1 aliphatic rings.